The van der Waals surface area contributed by atoms with Crippen LogP contribution in [0.5, 0.6) is 0 Å². The maximum atomic E-state index is 12.4. The van der Waals surface area contributed by atoms with Gasteiger partial charge in [-0.1, -0.05) is 13.8 Å². The smallest absolute Gasteiger partial charge is 0.225 e. The molecule has 0 bridgehead atoms. The van der Waals surface area contributed by atoms with E-state index in [2.05, 4.69) is 23.7 Å². The summed E-state index contributed by atoms with van der Waals surface area (Å²) in [5.41, 5.74) is 2.21. The molecule has 1 aromatic rings. The average Bonchev–Trinajstić information content (AvgIpc) is 2.51. The first-order chi connectivity index (χ1) is 11.3. The summed E-state index contributed by atoms with van der Waals surface area (Å²) in [4.78, 5) is 26.0. The van der Waals surface area contributed by atoms with Gasteiger partial charge in [-0.05, 0) is 20.8 Å². The Balaban J connectivity index is 1.93. The van der Waals surface area contributed by atoms with Gasteiger partial charge in [0, 0.05) is 37.5 Å². The molecule has 132 valence electrons. The SMILES string of the molecule is Cc1nc2c(c(N3CC(C)OC(C)C3)n1)CN(C(=O)C(C)C)CC2. The molecule has 0 radical (unpaired) electrons. The predicted molar refractivity (Wildman–Crippen MR) is 93.0 cm³/mol. The van der Waals surface area contributed by atoms with E-state index in [9.17, 15) is 4.79 Å². The van der Waals surface area contributed by atoms with E-state index >= 15 is 0 Å². The van der Waals surface area contributed by atoms with Crippen LogP contribution in [0.15, 0.2) is 0 Å². The summed E-state index contributed by atoms with van der Waals surface area (Å²) in [5.74, 6) is 2.01. The summed E-state index contributed by atoms with van der Waals surface area (Å²) in [6, 6.07) is 0. The molecule has 24 heavy (non-hydrogen) atoms. The molecule has 1 aromatic heterocycles. The van der Waals surface area contributed by atoms with Crippen molar-refractivity contribution in [1.29, 1.82) is 0 Å². The third kappa shape index (κ3) is 3.38. The fourth-order valence-corrected chi connectivity index (χ4v) is 3.68. The van der Waals surface area contributed by atoms with Crippen molar-refractivity contribution < 1.29 is 9.53 Å². The van der Waals surface area contributed by atoms with E-state index in [1.165, 1.54) is 0 Å². The zero-order chi connectivity index (χ0) is 17.4. The van der Waals surface area contributed by atoms with Crippen molar-refractivity contribution in [3.63, 3.8) is 0 Å². The third-order valence-electron chi connectivity index (χ3n) is 4.67. The van der Waals surface area contributed by atoms with Gasteiger partial charge in [-0.3, -0.25) is 4.79 Å². The molecule has 2 aliphatic rings. The number of hydrogen-bond acceptors (Lipinski definition) is 5. The Labute approximate surface area is 144 Å². The van der Waals surface area contributed by atoms with E-state index in [-0.39, 0.29) is 24.0 Å². The second-order valence-electron chi connectivity index (χ2n) is 7.35. The van der Waals surface area contributed by atoms with E-state index in [4.69, 9.17) is 9.72 Å². The molecule has 3 rings (SSSR count). The number of carbonyl (C=O) groups excluding carboxylic acids is 1. The van der Waals surface area contributed by atoms with Gasteiger partial charge in [0.1, 0.15) is 11.6 Å². The van der Waals surface area contributed by atoms with E-state index in [0.29, 0.717) is 6.54 Å². The Bertz CT molecular complexity index is 622. The number of aryl methyl sites for hydroxylation is 1. The van der Waals surface area contributed by atoms with Gasteiger partial charge in [0.05, 0.1) is 24.4 Å². The van der Waals surface area contributed by atoms with Gasteiger partial charge in [-0.15, -0.1) is 0 Å². The molecule has 3 heterocycles. The lowest BCUT2D eigenvalue weighted by atomic mass is 10.0. The first-order valence-corrected chi connectivity index (χ1v) is 8.90. The van der Waals surface area contributed by atoms with Crippen LogP contribution in [0.3, 0.4) is 0 Å². The monoisotopic (exact) mass is 332 g/mol. The minimum atomic E-state index is 0.0183. The summed E-state index contributed by atoms with van der Waals surface area (Å²) in [5, 5.41) is 0. The van der Waals surface area contributed by atoms with Crippen molar-refractivity contribution in [2.24, 2.45) is 5.92 Å². The molecule has 1 saturated heterocycles. The quantitative estimate of drug-likeness (QED) is 0.828. The Hall–Kier alpha value is -1.69. The summed E-state index contributed by atoms with van der Waals surface area (Å²) in [6.45, 7) is 13.1. The maximum absolute atomic E-state index is 12.4. The van der Waals surface area contributed by atoms with Crippen LogP contribution in [0.2, 0.25) is 0 Å². The van der Waals surface area contributed by atoms with Crippen molar-refractivity contribution in [3.8, 4) is 0 Å². The second-order valence-corrected chi connectivity index (χ2v) is 7.35. The minimum absolute atomic E-state index is 0.0183. The number of ether oxygens (including phenoxy) is 1. The number of aromatic nitrogens is 2. The Kier molecular flexibility index (Phi) is 4.76. The third-order valence-corrected chi connectivity index (χ3v) is 4.67. The molecule has 2 aliphatic heterocycles. The molecule has 1 amide bonds. The first kappa shape index (κ1) is 17.1. The lowest BCUT2D eigenvalue weighted by Crippen LogP contribution is -2.47. The molecule has 0 N–H and O–H groups in total. The molecule has 2 unspecified atom stereocenters. The Morgan fingerprint density at radius 2 is 1.88 bits per heavy atom. The van der Waals surface area contributed by atoms with Crippen molar-refractivity contribution >= 4 is 11.7 Å². The van der Waals surface area contributed by atoms with Crippen LogP contribution < -0.4 is 4.90 Å². The molecule has 0 aromatic carbocycles. The number of anilines is 1. The van der Waals surface area contributed by atoms with Gasteiger partial charge in [0.2, 0.25) is 5.91 Å². The summed E-state index contributed by atoms with van der Waals surface area (Å²) >= 11 is 0. The summed E-state index contributed by atoms with van der Waals surface area (Å²) < 4.78 is 5.85. The molecule has 0 saturated carbocycles. The first-order valence-electron chi connectivity index (χ1n) is 8.90. The largest absolute Gasteiger partial charge is 0.372 e. The lowest BCUT2D eigenvalue weighted by Gasteiger charge is -2.39. The van der Waals surface area contributed by atoms with Crippen LogP contribution in [0.25, 0.3) is 0 Å². The van der Waals surface area contributed by atoms with E-state index < -0.39 is 0 Å². The number of rotatable bonds is 2. The van der Waals surface area contributed by atoms with Gasteiger partial charge in [0.15, 0.2) is 0 Å². The van der Waals surface area contributed by atoms with E-state index in [1.807, 2.05) is 25.7 Å². The number of hydrogen-bond donors (Lipinski definition) is 0. The highest BCUT2D eigenvalue weighted by atomic mass is 16.5. The molecule has 0 spiro atoms. The maximum Gasteiger partial charge on any atom is 0.225 e. The van der Waals surface area contributed by atoms with Crippen LogP contribution in [0, 0.1) is 12.8 Å². The topological polar surface area (TPSA) is 58.6 Å². The van der Waals surface area contributed by atoms with E-state index in [1.54, 1.807) is 0 Å². The average molecular weight is 332 g/mol. The molecule has 2 atom stereocenters. The summed E-state index contributed by atoms with van der Waals surface area (Å²) in [7, 11) is 0. The van der Waals surface area contributed by atoms with Crippen molar-refractivity contribution in [1.82, 2.24) is 14.9 Å². The van der Waals surface area contributed by atoms with Crippen molar-refractivity contribution in [2.45, 2.75) is 59.8 Å². The van der Waals surface area contributed by atoms with Crippen LogP contribution in [0.4, 0.5) is 5.82 Å². The van der Waals surface area contributed by atoms with Gasteiger partial charge >= 0.3 is 0 Å². The number of carbonyl (C=O) groups is 1. The van der Waals surface area contributed by atoms with Crippen LogP contribution in [-0.2, 0) is 22.5 Å². The molecule has 1 fully saturated rings. The van der Waals surface area contributed by atoms with Gasteiger partial charge in [-0.2, -0.15) is 0 Å². The lowest BCUT2D eigenvalue weighted by molar-refractivity contribution is -0.135. The Morgan fingerprint density at radius 1 is 1.21 bits per heavy atom. The molecule has 6 heteroatoms. The molecule has 6 nitrogen and oxygen atoms in total. The number of amides is 1. The molecule has 0 aliphatic carbocycles. The van der Waals surface area contributed by atoms with Gasteiger partial charge in [0.25, 0.3) is 0 Å². The fourth-order valence-electron chi connectivity index (χ4n) is 3.68. The summed E-state index contributed by atoms with van der Waals surface area (Å²) in [6.07, 6.45) is 1.16. The number of morpholine rings is 1. The number of fused-ring (bicyclic) bond motifs is 1. The highest BCUT2D eigenvalue weighted by Crippen LogP contribution is 2.29. The highest BCUT2D eigenvalue weighted by Gasteiger charge is 2.30. The van der Waals surface area contributed by atoms with Gasteiger partial charge in [-0.25, -0.2) is 9.97 Å². The molecular formula is C18H28N4O2. The zero-order valence-electron chi connectivity index (χ0n) is 15.4. The zero-order valence-corrected chi connectivity index (χ0v) is 15.4. The highest BCUT2D eigenvalue weighted by molar-refractivity contribution is 5.78. The van der Waals surface area contributed by atoms with Crippen molar-refractivity contribution in [3.05, 3.63) is 17.1 Å². The fraction of sp³-hybridized carbons (Fsp3) is 0.722. The molecular weight excluding hydrogens is 304 g/mol. The van der Waals surface area contributed by atoms with Crippen LogP contribution in [0.1, 0.15) is 44.8 Å². The van der Waals surface area contributed by atoms with E-state index in [0.717, 1.165) is 49.0 Å². The minimum Gasteiger partial charge on any atom is -0.372 e. The van der Waals surface area contributed by atoms with Crippen molar-refractivity contribution in [2.75, 3.05) is 24.5 Å². The second kappa shape index (κ2) is 6.67. The predicted octanol–water partition coefficient (Wildman–Crippen LogP) is 1.94. The Morgan fingerprint density at radius 3 is 2.50 bits per heavy atom. The number of nitrogens with zero attached hydrogens (tertiary/aromatic N) is 4. The van der Waals surface area contributed by atoms with Crippen LogP contribution >= 0.6 is 0 Å². The van der Waals surface area contributed by atoms with Crippen LogP contribution in [-0.4, -0.2) is 52.6 Å². The standard InChI is InChI=1S/C18H28N4O2/c1-11(2)18(23)21-7-6-16-15(10-21)17(20-14(5)19-16)22-8-12(3)24-13(4)9-22/h11-13H,6-10H2,1-5H3. The normalized spacial score (nSPS) is 24.2. The van der Waals surface area contributed by atoms with Gasteiger partial charge < -0.3 is 14.5 Å².